The van der Waals surface area contributed by atoms with Gasteiger partial charge in [0.15, 0.2) is 0 Å². The van der Waals surface area contributed by atoms with E-state index in [0.717, 1.165) is 0 Å². The largest absolute Gasteiger partial charge is 0.355 e. The number of hydrogen-bond donors (Lipinski definition) is 1. The quantitative estimate of drug-likeness (QED) is 0.406. The third-order valence-corrected chi connectivity index (χ3v) is 5.91. The standard InChI is InChI=1S/C24H23N/c1-24(2)12-6-9-18-14-20-19-13-17(16-7-4-3-5-8-16)10-11-22(19)25-23(20)15-21(18)24/h3-5,7-8,10-11,13-15,25H,6,9,12H2,1-2H3. The van der Waals surface area contributed by atoms with Gasteiger partial charge in [0.1, 0.15) is 0 Å². The number of benzene rings is 3. The maximum absolute atomic E-state index is 3.64. The summed E-state index contributed by atoms with van der Waals surface area (Å²) in [5.74, 6) is 0. The predicted molar refractivity (Wildman–Crippen MR) is 107 cm³/mol. The molecule has 0 bridgehead atoms. The molecule has 1 aromatic heterocycles. The van der Waals surface area contributed by atoms with Gasteiger partial charge in [-0.25, -0.2) is 0 Å². The molecule has 0 amide bonds. The highest BCUT2D eigenvalue weighted by Crippen LogP contribution is 2.40. The smallest absolute Gasteiger partial charge is 0.0468 e. The normalized spacial score (nSPS) is 16.2. The number of hydrogen-bond acceptors (Lipinski definition) is 0. The summed E-state index contributed by atoms with van der Waals surface area (Å²) in [6, 6.07) is 22.3. The lowest BCUT2D eigenvalue weighted by atomic mass is 9.72. The zero-order valence-electron chi connectivity index (χ0n) is 14.9. The summed E-state index contributed by atoms with van der Waals surface area (Å²) < 4.78 is 0. The molecule has 0 radical (unpaired) electrons. The summed E-state index contributed by atoms with van der Waals surface area (Å²) in [7, 11) is 0. The molecule has 1 N–H and O–H groups in total. The van der Waals surface area contributed by atoms with E-state index in [2.05, 4.69) is 79.5 Å². The van der Waals surface area contributed by atoms with E-state index in [-0.39, 0.29) is 5.41 Å². The van der Waals surface area contributed by atoms with Crippen molar-refractivity contribution in [2.24, 2.45) is 0 Å². The van der Waals surface area contributed by atoms with Crippen LogP contribution in [0, 0.1) is 0 Å². The summed E-state index contributed by atoms with van der Waals surface area (Å²) in [5, 5.41) is 2.70. The van der Waals surface area contributed by atoms with Crippen LogP contribution < -0.4 is 0 Å². The van der Waals surface area contributed by atoms with Crippen molar-refractivity contribution >= 4 is 21.8 Å². The molecule has 1 heterocycles. The van der Waals surface area contributed by atoms with Crippen LogP contribution in [0.4, 0.5) is 0 Å². The van der Waals surface area contributed by atoms with Crippen molar-refractivity contribution < 1.29 is 0 Å². The second-order valence-corrected chi connectivity index (χ2v) is 8.04. The molecule has 1 heteroatoms. The number of H-pyrrole nitrogens is 1. The van der Waals surface area contributed by atoms with Crippen LogP contribution in [0.3, 0.4) is 0 Å². The van der Waals surface area contributed by atoms with E-state index in [1.54, 1.807) is 0 Å². The molecule has 0 saturated heterocycles. The number of rotatable bonds is 1. The van der Waals surface area contributed by atoms with Gasteiger partial charge in [0.25, 0.3) is 0 Å². The Morgan fingerprint density at radius 3 is 2.44 bits per heavy atom. The Hall–Kier alpha value is -2.54. The second-order valence-electron chi connectivity index (χ2n) is 8.04. The molecule has 1 nitrogen and oxygen atoms in total. The van der Waals surface area contributed by atoms with E-state index in [4.69, 9.17) is 0 Å². The molecule has 0 fully saturated rings. The van der Waals surface area contributed by atoms with Crippen LogP contribution in [0.1, 0.15) is 37.8 Å². The summed E-state index contributed by atoms with van der Waals surface area (Å²) in [6.45, 7) is 4.76. The molecule has 1 aliphatic carbocycles. The monoisotopic (exact) mass is 325 g/mol. The number of aryl methyl sites for hydroxylation is 1. The Balaban J connectivity index is 1.76. The lowest BCUT2D eigenvalue weighted by Gasteiger charge is -2.32. The van der Waals surface area contributed by atoms with Crippen LogP contribution in [-0.2, 0) is 11.8 Å². The molecule has 0 saturated carbocycles. The molecule has 5 rings (SSSR count). The van der Waals surface area contributed by atoms with Crippen molar-refractivity contribution in [1.29, 1.82) is 0 Å². The highest BCUT2D eigenvalue weighted by molar-refractivity contribution is 6.09. The summed E-state index contributed by atoms with van der Waals surface area (Å²) in [6.07, 6.45) is 3.78. The van der Waals surface area contributed by atoms with Crippen LogP contribution in [0.2, 0.25) is 0 Å². The third-order valence-electron chi connectivity index (χ3n) is 5.91. The fourth-order valence-electron chi connectivity index (χ4n) is 4.49. The number of aromatic nitrogens is 1. The minimum atomic E-state index is 0.286. The van der Waals surface area contributed by atoms with Gasteiger partial charge in [-0.05, 0) is 71.2 Å². The van der Waals surface area contributed by atoms with E-state index < -0.39 is 0 Å². The zero-order valence-corrected chi connectivity index (χ0v) is 14.9. The molecule has 25 heavy (non-hydrogen) atoms. The van der Waals surface area contributed by atoms with E-state index in [1.807, 2.05) is 0 Å². The van der Waals surface area contributed by atoms with Crippen LogP contribution in [-0.4, -0.2) is 4.98 Å². The highest BCUT2D eigenvalue weighted by Gasteiger charge is 2.28. The Morgan fingerprint density at radius 1 is 0.800 bits per heavy atom. The van der Waals surface area contributed by atoms with Crippen molar-refractivity contribution in [3.8, 4) is 11.1 Å². The van der Waals surface area contributed by atoms with Crippen LogP contribution >= 0.6 is 0 Å². The van der Waals surface area contributed by atoms with Crippen LogP contribution in [0.5, 0.6) is 0 Å². The number of aromatic amines is 1. The van der Waals surface area contributed by atoms with Crippen molar-refractivity contribution in [1.82, 2.24) is 4.98 Å². The zero-order chi connectivity index (χ0) is 17.0. The molecule has 4 aromatic rings. The molecule has 3 aromatic carbocycles. The van der Waals surface area contributed by atoms with Gasteiger partial charge in [0.2, 0.25) is 0 Å². The van der Waals surface area contributed by atoms with Crippen LogP contribution in [0.25, 0.3) is 32.9 Å². The molecule has 1 aliphatic rings. The first-order valence-electron chi connectivity index (χ1n) is 9.26. The average Bonchev–Trinajstić information content (AvgIpc) is 2.98. The maximum Gasteiger partial charge on any atom is 0.0468 e. The number of nitrogens with one attached hydrogen (secondary N) is 1. The van der Waals surface area contributed by atoms with Gasteiger partial charge in [-0.2, -0.15) is 0 Å². The van der Waals surface area contributed by atoms with Gasteiger partial charge in [-0.15, -0.1) is 0 Å². The summed E-state index contributed by atoms with van der Waals surface area (Å²) in [5.41, 5.74) is 8.42. The molecule has 0 atom stereocenters. The Morgan fingerprint density at radius 2 is 1.60 bits per heavy atom. The maximum atomic E-state index is 3.64. The fraction of sp³-hybridized carbons (Fsp3) is 0.250. The second kappa shape index (κ2) is 5.23. The van der Waals surface area contributed by atoms with E-state index >= 15 is 0 Å². The van der Waals surface area contributed by atoms with Crippen molar-refractivity contribution in [3.63, 3.8) is 0 Å². The minimum Gasteiger partial charge on any atom is -0.355 e. The first kappa shape index (κ1) is 14.8. The topological polar surface area (TPSA) is 15.8 Å². The van der Waals surface area contributed by atoms with Gasteiger partial charge >= 0.3 is 0 Å². The summed E-state index contributed by atoms with van der Waals surface area (Å²) >= 11 is 0. The molecular formula is C24H23N. The minimum absolute atomic E-state index is 0.286. The van der Waals surface area contributed by atoms with E-state index in [9.17, 15) is 0 Å². The van der Waals surface area contributed by atoms with Crippen molar-refractivity contribution in [3.05, 3.63) is 71.8 Å². The van der Waals surface area contributed by atoms with Crippen molar-refractivity contribution in [2.45, 2.75) is 38.5 Å². The third kappa shape index (κ3) is 2.30. The lowest BCUT2D eigenvalue weighted by Crippen LogP contribution is -2.23. The van der Waals surface area contributed by atoms with E-state index in [1.165, 1.54) is 63.3 Å². The first-order chi connectivity index (χ1) is 12.1. The predicted octanol–water partition coefficient (Wildman–Crippen LogP) is 6.60. The molecule has 124 valence electrons. The highest BCUT2D eigenvalue weighted by atomic mass is 14.7. The summed E-state index contributed by atoms with van der Waals surface area (Å²) in [4.78, 5) is 3.64. The molecular weight excluding hydrogens is 302 g/mol. The number of fused-ring (bicyclic) bond motifs is 4. The van der Waals surface area contributed by atoms with Crippen LogP contribution in [0.15, 0.2) is 60.7 Å². The van der Waals surface area contributed by atoms with Gasteiger partial charge in [-0.1, -0.05) is 50.2 Å². The van der Waals surface area contributed by atoms with E-state index in [0.29, 0.717) is 0 Å². The van der Waals surface area contributed by atoms with Gasteiger partial charge < -0.3 is 4.98 Å². The fourth-order valence-corrected chi connectivity index (χ4v) is 4.49. The molecule has 0 unspecified atom stereocenters. The average molecular weight is 325 g/mol. The Kier molecular flexibility index (Phi) is 3.09. The molecule has 0 aliphatic heterocycles. The van der Waals surface area contributed by atoms with Gasteiger partial charge in [0, 0.05) is 21.8 Å². The molecule has 0 spiro atoms. The lowest BCUT2D eigenvalue weighted by molar-refractivity contribution is 0.432. The first-order valence-corrected chi connectivity index (χ1v) is 9.26. The SMILES string of the molecule is CC1(C)CCCc2cc3c(cc21)[nH]c1ccc(-c2ccccc2)cc13. The Labute approximate surface area is 148 Å². The van der Waals surface area contributed by atoms with Gasteiger partial charge in [-0.3, -0.25) is 0 Å². The Bertz CT molecular complexity index is 1080. The van der Waals surface area contributed by atoms with Crippen molar-refractivity contribution in [2.75, 3.05) is 0 Å². The van der Waals surface area contributed by atoms with Gasteiger partial charge in [0.05, 0.1) is 0 Å².